The van der Waals surface area contributed by atoms with Crippen LogP contribution in [0.5, 0.6) is 0 Å². The first-order valence-electron chi connectivity index (χ1n) is 26.2. The Hall–Kier alpha value is -9.96. The zero-order valence-electron chi connectivity index (χ0n) is 41.8. The molecule has 2 heterocycles. The Bertz CT molecular complexity index is 3920. The van der Waals surface area contributed by atoms with E-state index in [4.69, 9.17) is 0 Å². The van der Waals surface area contributed by atoms with Crippen molar-refractivity contribution in [1.82, 2.24) is 9.13 Å². The van der Waals surface area contributed by atoms with Gasteiger partial charge in [0.05, 0.1) is 27.5 Å². The van der Waals surface area contributed by atoms with Crippen molar-refractivity contribution in [1.29, 1.82) is 0 Å². The van der Waals surface area contributed by atoms with Crippen molar-refractivity contribution >= 4 is 60.7 Å². The zero-order chi connectivity index (χ0) is 50.4. The minimum atomic E-state index is -0.551. The molecule has 2 aromatic heterocycles. The van der Waals surface area contributed by atoms with Crippen LogP contribution < -0.4 is 4.90 Å². The molecule has 12 aromatic carbocycles. The van der Waals surface area contributed by atoms with E-state index in [1.807, 2.05) is 0 Å². The number of anilines is 3. The van der Waals surface area contributed by atoms with Crippen molar-refractivity contribution in [2.24, 2.45) is 0 Å². The van der Waals surface area contributed by atoms with Crippen LogP contribution in [0.3, 0.4) is 0 Å². The Labute approximate surface area is 443 Å². The zero-order valence-corrected chi connectivity index (χ0v) is 41.8. The number of benzene rings is 12. The summed E-state index contributed by atoms with van der Waals surface area (Å²) in [4.78, 5) is 2.38. The lowest BCUT2D eigenvalue weighted by atomic mass is 9.65. The normalized spacial score (nSPS) is 11.7. The molecule has 3 nitrogen and oxygen atoms in total. The molecule has 0 fully saturated rings. The Morgan fingerprint density at radius 2 is 0.447 bits per heavy atom. The fraction of sp³-hybridized carbons (Fsp3) is 0.0137. The Morgan fingerprint density at radius 1 is 0.211 bits per heavy atom. The van der Waals surface area contributed by atoms with Gasteiger partial charge in [0, 0.05) is 50.0 Å². The van der Waals surface area contributed by atoms with E-state index in [9.17, 15) is 0 Å². The van der Waals surface area contributed by atoms with Crippen molar-refractivity contribution in [3.63, 3.8) is 0 Å². The molecule has 0 spiro atoms. The van der Waals surface area contributed by atoms with Gasteiger partial charge in [0.1, 0.15) is 0 Å². The second-order valence-corrected chi connectivity index (χ2v) is 19.7. The van der Waals surface area contributed by atoms with Crippen LogP contribution in [0, 0.1) is 0 Å². The molecule has 14 aromatic rings. The molecule has 0 atom stereocenters. The third-order valence-corrected chi connectivity index (χ3v) is 15.5. The smallest absolute Gasteiger partial charge is 0.0701 e. The van der Waals surface area contributed by atoms with E-state index in [0.717, 1.165) is 39.6 Å². The topological polar surface area (TPSA) is 13.1 Å². The van der Waals surface area contributed by atoms with Gasteiger partial charge in [-0.2, -0.15) is 0 Å². The molecule has 0 amide bonds. The van der Waals surface area contributed by atoms with E-state index < -0.39 is 5.41 Å². The molecular weight excluding hydrogens is 919 g/mol. The van der Waals surface area contributed by atoms with Gasteiger partial charge in [-0.3, -0.25) is 0 Å². The number of hydrogen-bond donors (Lipinski definition) is 0. The molecule has 0 aliphatic carbocycles. The average Bonchev–Trinajstić information content (AvgIpc) is 4.04. The first-order chi connectivity index (χ1) is 37.7. The van der Waals surface area contributed by atoms with Gasteiger partial charge in [-0.1, -0.05) is 224 Å². The Balaban J connectivity index is 0.840. The number of aromatic nitrogens is 2. The lowest BCUT2D eigenvalue weighted by Crippen LogP contribution is -2.31. The number of nitrogens with zero attached hydrogens (tertiary/aromatic N) is 3. The van der Waals surface area contributed by atoms with Crippen molar-refractivity contribution in [2.75, 3.05) is 4.90 Å². The van der Waals surface area contributed by atoms with Crippen LogP contribution >= 0.6 is 0 Å². The van der Waals surface area contributed by atoms with Crippen LogP contribution in [-0.2, 0) is 5.41 Å². The Morgan fingerprint density at radius 3 is 0.750 bits per heavy atom. The summed E-state index contributed by atoms with van der Waals surface area (Å²) in [7, 11) is 0. The predicted octanol–water partition coefficient (Wildman–Crippen LogP) is 19.1. The maximum atomic E-state index is 2.38. The molecule has 0 unspecified atom stereocenters. The molecule has 3 heteroatoms. The second-order valence-electron chi connectivity index (χ2n) is 19.7. The molecule has 0 saturated heterocycles. The molecule has 76 heavy (non-hydrogen) atoms. The fourth-order valence-corrected chi connectivity index (χ4v) is 12.0. The highest BCUT2D eigenvalue weighted by Gasteiger charge is 2.38. The monoisotopic (exact) mass is 969 g/mol. The van der Waals surface area contributed by atoms with Crippen LogP contribution in [0.4, 0.5) is 17.1 Å². The van der Waals surface area contributed by atoms with Gasteiger partial charge in [-0.15, -0.1) is 0 Å². The molecular formula is C73H51N3. The molecule has 0 radical (unpaired) electrons. The van der Waals surface area contributed by atoms with Gasteiger partial charge in [0.2, 0.25) is 0 Å². The quantitative estimate of drug-likeness (QED) is 0.118. The summed E-state index contributed by atoms with van der Waals surface area (Å²) < 4.78 is 4.75. The van der Waals surface area contributed by atoms with E-state index in [0.29, 0.717) is 0 Å². The van der Waals surface area contributed by atoms with Crippen LogP contribution in [0.1, 0.15) is 22.3 Å². The minimum absolute atomic E-state index is 0.551. The first-order valence-corrected chi connectivity index (χ1v) is 26.2. The maximum Gasteiger partial charge on any atom is 0.0701 e. The molecule has 0 aliphatic rings. The number of para-hydroxylation sites is 4. The number of rotatable bonds is 11. The summed E-state index contributed by atoms with van der Waals surface area (Å²) in [6.45, 7) is 0. The van der Waals surface area contributed by atoms with Crippen LogP contribution in [0.2, 0.25) is 0 Å². The standard InChI is InChI=1S/C73H51N3/c1-4-18-56(19-5-1)73(57-20-6-2-7-21-57,58-22-8-3-9-23-58)59-40-50-62(51-41-59)74(60-42-32-52(33-43-60)54-36-46-63(47-37-54)75-69-28-14-10-24-65(69)66-25-11-15-29-70(66)75)61-44-34-53(35-45-61)55-38-48-64(49-39-55)76-71-30-16-12-26-67(71)68-27-13-17-31-72(68)76/h1-51H. The maximum absolute atomic E-state index is 2.38. The van der Waals surface area contributed by atoms with E-state index in [2.05, 4.69) is 323 Å². The van der Waals surface area contributed by atoms with E-state index in [-0.39, 0.29) is 0 Å². The van der Waals surface area contributed by atoms with Crippen molar-refractivity contribution in [3.05, 3.63) is 332 Å². The molecule has 0 N–H and O–H groups in total. The lowest BCUT2D eigenvalue weighted by molar-refractivity contribution is 0.745. The summed E-state index contributed by atoms with van der Waals surface area (Å²) in [5.74, 6) is 0. The summed E-state index contributed by atoms with van der Waals surface area (Å²) in [6, 6.07) is 113. The predicted molar refractivity (Wildman–Crippen MR) is 319 cm³/mol. The second kappa shape index (κ2) is 18.8. The average molecular weight is 970 g/mol. The van der Waals surface area contributed by atoms with Crippen molar-refractivity contribution in [3.8, 4) is 33.6 Å². The van der Waals surface area contributed by atoms with Gasteiger partial charge in [0.25, 0.3) is 0 Å². The summed E-state index contributed by atoms with van der Waals surface area (Å²) in [5.41, 5.74) is 19.3. The number of hydrogen-bond acceptors (Lipinski definition) is 1. The molecule has 358 valence electrons. The molecule has 14 rings (SSSR count). The van der Waals surface area contributed by atoms with Crippen LogP contribution in [-0.4, -0.2) is 9.13 Å². The van der Waals surface area contributed by atoms with E-state index in [1.165, 1.54) is 77.0 Å². The summed E-state index contributed by atoms with van der Waals surface area (Å²) in [5, 5.41) is 5.05. The lowest BCUT2D eigenvalue weighted by Gasteiger charge is -2.37. The largest absolute Gasteiger partial charge is 0.311 e. The molecule has 0 saturated carbocycles. The highest BCUT2D eigenvalue weighted by molar-refractivity contribution is 6.10. The minimum Gasteiger partial charge on any atom is -0.311 e. The van der Waals surface area contributed by atoms with Gasteiger partial charge in [-0.05, 0) is 129 Å². The van der Waals surface area contributed by atoms with Crippen molar-refractivity contribution in [2.45, 2.75) is 5.41 Å². The Kier molecular flexibility index (Phi) is 11.1. The first kappa shape index (κ1) is 44.7. The van der Waals surface area contributed by atoms with E-state index >= 15 is 0 Å². The van der Waals surface area contributed by atoms with Crippen molar-refractivity contribution < 1.29 is 0 Å². The molecule has 0 bridgehead atoms. The third-order valence-electron chi connectivity index (χ3n) is 15.5. The molecule has 0 aliphatic heterocycles. The van der Waals surface area contributed by atoms with Crippen LogP contribution in [0.25, 0.3) is 77.2 Å². The highest BCUT2D eigenvalue weighted by atomic mass is 15.1. The van der Waals surface area contributed by atoms with Gasteiger partial charge >= 0.3 is 0 Å². The third kappa shape index (κ3) is 7.51. The van der Waals surface area contributed by atoms with E-state index in [1.54, 1.807) is 0 Å². The van der Waals surface area contributed by atoms with Gasteiger partial charge in [-0.25, -0.2) is 0 Å². The highest BCUT2D eigenvalue weighted by Crippen LogP contribution is 2.47. The summed E-state index contributed by atoms with van der Waals surface area (Å²) in [6.07, 6.45) is 0. The fourth-order valence-electron chi connectivity index (χ4n) is 12.0. The number of fused-ring (bicyclic) bond motifs is 6. The SMILES string of the molecule is c1ccc(C(c2ccccc2)(c2ccccc2)c2ccc(N(c3ccc(-c4ccc(-n5c6ccccc6c6ccccc65)cc4)cc3)c3ccc(-c4ccc(-n5c6ccccc6c6ccccc65)cc4)cc3)cc2)cc1. The van der Waals surface area contributed by atoms with Gasteiger partial charge in [0.15, 0.2) is 0 Å². The van der Waals surface area contributed by atoms with Gasteiger partial charge < -0.3 is 14.0 Å². The summed E-state index contributed by atoms with van der Waals surface area (Å²) >= 11 is 0. The van der Waals surface area contributed by atoms with Crippen LogP contribution in [0.15, 0.2) is 309 Å².